The van der Waals surface area contributed by atoms with Gasteiger partial charge in [0.05, 0.1) is 5.52 Å². The van der Waals surface area contributed by atoms with E-state index in [2.05, 4.69) is 38.7 Å². The lowest BCUT2D eigenvalue weighted by atomic mass is 9.78. The van der Waals surface area contributed by atoms with Gasteiger partial charge in [-0.25, -0.2) is 4.68 Å². The molecule has 5 heteroatoms. The second-order valence-corrected chi connectivity index (χ2v) is 6.75. The third-order valence-electron chi connectivity index (χ3n) is 5.26. The van der Waals surface area contributed by atoms with Gasteiger partial charge in [0, 0.05) is 20.1 Å². The van der Waals surface area contributed by atoms with Crippen molar-refractivity contribution in [3.63, 3.8) is 0 Å². The van der Waals surface area contributed by atoms with E-state index in [9.17, 15) is 0 Å². The molecule has 0 radical (unpaired) electrons. The van der Waals surface area contributed by atoms with Crippen molar-refractivity contribution in [2.45, 2.75) is 25.8 Å². The summed E-state index contributed by atoms with van der Waals surface area (Å²) < 4.78 is 1.83. The molecule has 1 aromatic carbocycles. The standard InChI is InChI=1S/C16H23N5/c1-20-15-3-2-13(10-14(15)18-19-20)11-21-9-6-16(12-21)4-7-17-8-5-16/h2-3,10,17H,4-9,11-12H2,1H3. The van der Waals surface area contributed by atoms with Crippen LogP contribution in [-0.4, -0.2) is 46.1 Å². The first-order valence-electron chi connectivity index (χ1n) is 7.96. The Morgan fingerprint density at radius 2 is 2.10 bits per heavy atom. The van der Waals surface area contributed by atoms with Gasteiger partial charge in [0.2, 0.25) is 0 Å². The highest BCUT2D eigenvalue weighted by Gasteiger charge is 2.38. The summed E-state index contributed by atoms with van der Waals surface area (Å²) >= 11 is 0. The highest BCUT2D eigenvalue weighted by Crippen LogP contribution is 2.39. The van der Waals surface area contributed by atoms with Crippen LogP contribution in [0.15, 0.2) is 18.2 Å². The summed E-state index contributed by atoms with van der Waals surface area (Å²) in [6.45, 7) is 5.92. The van der Waals surface area contributed by atoms with Crippen LogP contribution in [0.4, 0.5) is 0 Å². The molecule has 0 aliphatic carbocycles. The fourth-order valence-electron chi connectivity index (χ4n) is 3.97. The van der Waals surface area contributed by atoms with Crippen LogP contribution in [0.2, 0.25) is 0 Å². The topological polar surface area (TPSA) is 46.0 Å². The first-order valence-corrected chi connectivity index (χ1v) is 7.96. The van der Waals surface area contributed by atoms with Crippen LogP contribution in [0.5, 0.6) is 0 Å². The van der Waals surface area contributed by atoms with Gasteiger partial charge < -0.3 is 5.32 Å². The first-order chi connectivity index (χ1) is 10.2. The van der Waals surface area contributed by atoms with E-state index in [1.165, 1.54) is 51.0 Å². The number of rotatable bonds is 2. The molecule has 2 aliphatic rings. The quantitative estimate of drug-likeness (QED) is 0.909. The third-order valence-corrected chi connectivity index (χ3v) is 5.26. The average Bonchev–Trinajstić information content (AvgIpc) is 3.05. The Morgan fingerprint density at radius 3 is 2.95 bits per heavy atom. The molecule has 0 atom stereocenters. The number of piperidine rings is 1. The molecule has 2 aliphatic heterocycles. The molecule has 1 spiro atoms. The molecule has 21 heavy (non-hydrogen) atoms. The monoisotopic (exact) mass is 285 g/mol. The summed E-state index contributed by atoms with van der Waals surface area (Å²) in [5, 5.41) is 11.8. The van der Waals surface area contributed by atoms with Gasteiger partial charge >= 0.3 is 0 Å². The average molecular weight is 285 g/mol. The van der Waals surface area contributed by atoms with Crippen molar-refractivity contribution in [3.8, 4) is 0 Å². The van der Waals surface area contributed by atoms with Crippen molar-refractivity contribution in [1.82, 2.24) is 25.2 Å². The van der Waals surface area contributed by atoms with E-state index in [0.29, 0.717) is 5.41 Å². The van der Waals surface area contributed by atoms with Crippen LogP contribution in [-0.2, 0) is 13.6 Å². The lowest BCUT2D eigenvalue weighted by molar-refractivity contribution is 0.194. The minimum Gasteiger partial charge on any atom is -0.317 e. The van der Waals surface area contributed by atoms with E-state index < -0.39 is 0 Å². The zero-order valence-electron chi connectivity index (χ0n) is 12.7. The molecule has 112 valence electrons. The van der Waals surface area contributed by atoms with Crippen LogP contribution in [0.3, 0.4) is 0 Å². The Balaban J connectivity index is 1.47. The first kappa shape index (κ1) is 13.2. The minimum atomic E-state index is 0.585. The molecule has 3 heterocycles. The number of aryl methyl sites for hydroxylation is 1. The van der Waals surface area contributed by atoms with Crippen molar-refractivity contribution in [2.75, 3.05) is 26.2 Å². The fourth-order valence-corrected chi connectivity index (χ4v) is 3.97. The van der Waals surface area contributed by atoms with Crippen LogP contribution >= 0.6 is 0 Å². The number of hydrogen-bond donors (Lipinski definition) is 1. The summed E-state index contributed by atoms with van der Waals surface area (Å²) in [7, 11) is 1.94. The van der Waals surface area contributed by atoms with Crippen molar-refractivity contribution >= 4 is 11.0 Å². The SMILES string of the molecule is Cn1nnc2cc(CN3CCC4(CCNCC4)C3)ccc21. The van der Waals surface area contributed by atoms with Gasteiger partial charge in [-0.3, -0.25) is 4.90 Å². The van der Waals surface area contributed by atoms with Crippen LogP contribution in [0, 0.1) is 5.41 Å². The predicted molar refractivity (Wildman–Crippen MR) is 82.9 cm³/mol. The number of likely N-dealkylation sites (tertiary alicyclic amines) is 1. The molecule has 1 aromatic heterocycles. The second-order valence-electron chi connectivity index (χ2n) is 6.75. The lowest BCUT2D eigenvalue weighted by Gasteiger charge is -2.33. The molecule has 0 saturated carbocycles. The molecule has 5 nitrogen and oxygen atoms in total. The summed E-state index contributed by atoms with van der Waals surface area (Å²) in [6.07, 6.45) is 4.04. The Kier molecular flexibility index (Phi) is 3.19. The number of nitrogens with zero attached hydrogens (tertiary/aromatic N) is 4. The van der Waals surface area contributed by atoms with Gasteiger partial charge in [-0.1, -0.05) is 11.3 Å². The van der Waals surface area contributed by atoms with Gasteiger partial charge in [0.15, 0.2) is 0 Å². The largest absolute Gasteiger partial charge is 0.317 e. The van der Waals surface area contributed by atoms with E-state index in [1.54, 1.807) is 0 Å². The molecule has 0 amide bonds. The maximum atomic E-state index is 4.22. The van der Waals surface area contributed by atoms with Gasteiger partial charge in [-0.2, -0.15) is 0 Å². The van der Waals surface area contributed by atoms with E-state index in [-0.39, 0.29) is 0 Å². The van der Waals surface area contributed by atoms with Crippen LogP contribution in [0.1, 0.15) is 24.8 Å². The van der Waals surface area contributed by atoms with Gasteiger partial charge in [0.1, 0.15) is 5.52 Å². The molecule has 0 bridgehead atoms. The fraction of sp³-hybridized carbons (Fsp3) is 0.625. The predicted octanol–water partition coefficient (Wildman–Crippen LogP) is 1.54. The summed E-state index contributed by atoms with van der Waals surface area (Å²) in [6, 6.07) is 6.55. The van der Waals surface area contributed by atoms with Crippen molar-refractivity contribution in [1.29, 1.82) is 0 Å². The third kappa shape index (κ3) is 2.45. The normalized spacial score (nSPS) is 22.3. The molecule has 2 saturated heterocycles. The zero-order valence-corrected chi connectivity index (χ0v) is 12.7. The Hall–Kier alpha value is -1.46. The van der Waals surface area contributed by atoms with Crippen molar-refractivity contribution < 1.29 is 0 Å². The molecule has 2 fully saturated rings. The highest BCUT2D eigenvalue weighted by atomic mass is 15.4. The zero-order chi connectivity index (χ0) is 14.3. The summed E-state index contributed by atoms with van der Waals surface area (Å²) in [4.78, 5) is 2.61. The number of fused-ring (bicyclic) bond motifs is 1. The van der Waals surface area contributed by atoms with Crippen LogP contribution in [0.25, 0.3) is 11.0 Å². The Morgan fingerprint density at radius 1 is 1.24 bits per heavy atom. The maximum absolute atomic E-state index is 4.22. The van der Waals surface area contributed by atoms with E-state index in [4.69, 9.17) is 0 Å². The highest BCUT2D eigenvalue weighted by molar-refractivity contribution is 5.74. The van der Waals surface area contributed by atoms with Gasteiger partial charge in [-0.15, -0.1) is 5.10 Å². The Labute approximate surface area is 125 Å². The van der Waals surface area contributed by atoms with Crippen LogP contribution < -0.4 is 5.32 Å². The summed E-state index contributed by atoms with van der Waals surface area (Å²) in [5.41, 5.74) is 4.05. The van der Waals surface area contributed by atoms with E-state index >= 15 is 0 Å². The van der Waals surface area contributed by atoms with Gasteiger partial charge in [0.25, 0.3) is 0 Å². The molecular weight excluding hydrogens is 262 g/mol. The number of hydrogen-bond acceptors (Lipinski definition) is 4. The van der Waals surface area contributed by atoms with Crippen molar-refractivity contribution in [2.24, 2.45) is 12.5 Å². The molecule has 1 N–H and O–H groups in total. The number of nitrogens with one attached hydrogen (secondary N) is 1. The molecule has 4 rings (SSSR count). The van der Waals surface area contributed by atoms with E-state index in [0.717, 1.165) is 17.6 Å². The smallest absolute Gasteiger partial charge is 0.113 e. The minimum absolute atomic E-state index is 0.585. The molecular formula is C16H23N5. The summed E-state index contributed by atoms with van der Waals surface area (Å²) in [5.74, 6) is 0. The molecule has 2 aromatic rings. The Bertz CT molecular complexity index is 641. The second kappa shape index (κ2) is 5.07. The van der Waals surface area contributed by atoms with Gasteiger partial charge in [-0.05, 0) is 62.0 Å². The lowest BCUT2D eigenvalue weighted by Crippen LogP contribution is -2.38. The molecule has 0 unspecified atom stereocenters. The van der Waals surface area contributed by atoms with E-state index in [1.807, 2.05) is 11.7 Å². The number of aromatic nitrogens is 3. The maximum Gasteiger partial charge on any atom is 0.113 e. The number of benzene rings is 1. The van der Waals surface area contributed by atoms with Crippen molar-refractivity contribution in [3.05, 3.63) is 23.8 Å².